The summed E-state index contributed by atoms with van der Waals surface area (Å²) in [6.07, 6.45) is 0.500. The summed E-state index contributed by atoms with van der Waals surface area (Å²) in [5.41, 5.74) is 0. The van der Waals surface area contributed by atoms with E-state index in [0.29, 0.717) is 25.9 Å². The Morgan fingerprint density at radius 3 is 2.70 bits per heavy atom. The molecular formula is C14H24N2O3S. The zero-order valence-electron chi connectivity index (χ0n) is 12.5. The van der Waals surface area contributed by atoms with E-state index in [2.05, 4.69) is 20.8 Å². The van der Waals surface area contributed by atoms with Gasteiger partial charge in [0.1, 0.15) is 6.04 Å². The van der Waals surface area contributed by atoms with Crippen molar-refractivity contribution in [1.82, 2.24) is 9.80 Å². The van der Waals surface area contributed by atoms with Crippen molar-refractivity contribution in [2.45, 2.75) is 50.5 Å². The van der Waals surface area contributed by atoms with Gasteiger partial charge in [-0.25, -0.2) is 0 Å². The van der Waals surface area contributed by atoms with Crippen molar-refractivity contribution in [2.24, 2.45) is 0 Å². The highest BCUT2D eigenvalue weighted by molar-refractivity contribution is 8.00. The Balaban J connectivity index is 1.95. The van der Waals surface area contributed by atoms with Gasteiger partial charge >= 0.3 is 0 Å². The van der Waals surface area contributed by atoms with E-state index in [4.69, 9.17) is 0 Å². The molecule has 2 heterocycles. The normalized spacial score (nSPS) is 27.8. The molecule has 0 bridgehead atoms. The molecule has 2 rings (SSSR count). The van der Waals surface area contributed by atoms with E-state index in [1.807, 2.05) is 0 Å². The maximum Gasteiger partial charge on any atom is 0.245 e. The number of hydrogen-bond acceptors (Lipinski definition) is 4. The van der Waals surface area contributed by atoms with Crippen LogP contribution in [-0.2, 0) is 9.59 Å². The van der Waals surface area contributed by atoms with Crippen LogP contribution in [0.5, 0.6) is 0 Å². The van der Waals surface area contributed by atoms with E-state index in [-0.39, 0.29) is 23.1 Å². The van der Waals surface area contributed by atoms with Gasteiger partial charge in [-0.15, -0.1) is 0 Å². The third-order valence-electron chi connectivity index (χ3n) is 3.71. The van der Waals surface area contributed by atoms with Gasteiger partial charge in [-0.05, 0) is 6.42 Å². The summed E-state index contributed by atoms with van der Waals surface area (Å²) >= 11 is 1.79. The molecule has 2 atom stereocenters. The molecular weight excluding hydrogens is 276 g/mol. The van der Waals surface area contributed by atoms with Crippen molar-refractivity contribution in [1.29, 1.82) is 0 Å². The van der Waals surface area contributed by atoms with Crippen LogP contribution in [0, 0.1) is 0 Å². The molecule has 0 saturated carbocycles. The predicted molar refractivity (Wildman–Crippen MR) is 79.5 cm³/mol. The minimum Gasteiger partial charge on any atom is -0.393 e. The summed E-state index contributed by atoms with van der Waals surface area (Å²) in [7, 11) is 0. The lowest BCUT2D eigenvalue weighted by molar-refractivity contribution is -0.159. The highest BCUT2D eigenvalue weighted by Gasteiger charge is 2.42. The molecule has 114 valence electrons. The summed E-state index contributed by atoms with van der Waals surface area (Å²) in [4.78, 5) is 27.8. The van der Waals surface area contributed by atoms with Gasteiger partial charge in [0.05, 0.1) is 12.6 Å². The smallest absolute Gasteiger partial charge is 0.245 e. The molecule has 0 aromatic carbocycles. The van der Waals surface area contributed by atoms with Gasteiger partial charge < -0.3 is 14.9 Å². The first kappa shape index (κ1) is 15.6. The second-order valence-corrected chi connectivity index (χ2v) is 8.42. The zero-order chi connectivity index (χ0) is 14.9. The van der Waals surface area contributed by atoms with Crippen molar-refractivity contribution in [3.8, 4) is 0 Å². The molecule has 0 aliphatic carbocycles. The van der Waals surface area contributed by atoms with Crippen LogP contribution in [0.4, 0.5) is 0 Å². The summed E-state index contributed by atoms with van der Waals surface area (Å²) in [6.45, 7) is 7.71. The predicted octanol–water partition coefficient (Wildman–Crippen LogP) is 0.712. The Kier molecular flexibility index (Phi) is 4.64. The Hall–Kier alpha value is -0.750. The lowest BCUT2D eigenvalue weighted by Crippen LogP contribution is -2.63. The lowest BCUT2D eigenvalue weighted by Gasteiger charge is -2.44. The van der Waals surface area contributed by atoms with Gasteiger partial charge in [0.25, 0.3) is 0 Å². The molecule has 0 aromatic heterocycles. The van der Waals surface area contributed by atoms with E-state index in [1.54, 1.807) is 21.6 Å². The third kappa shape index (κ3) is 3.67. The maximum absolute atomic E-state index is 12.4. The zero-order valence-corrected chi connectivity index (χ0v) is 13.3. The molecule has 2 aliphatic rings. The van der Waals surface area contributed by atoms with Crippen LogP contribution < -0.4 is 0 Å². The number of hydrogen-bond donors (Lipinski definition) is 1. The van der Waals surface area contributed by atoms with Gasteiger partial charge in [-0.2, -0.15) is 11.8 Å². The first-order chi connectivity index (χ1) is 9.28. The van der Waals surface area contributed by atoms with Crippen molar-refractivity contribution in [2.75, 3.05) is 25.4 Å². The topological polar surface area (TPSA) is 60.9 Å². The monoisotopic (exact) mass is 300 g/mol. The van der Waals surface area contributed by atoms with E-state index >= 15 is 0 Å². The molecule has 20 heavy (non-hydrogen) atoms. The summed E-state index contributed by atoms with van der Waals surface area (Å²) in [5.74, 6) is 0.845. The minimum atomic E-state index is -0.461. The van der Waals surface area contributed by atoms with Crippen LogP contribution in [-0.4, -0.2) is 69.0 Å². The van der Waals surface area contributed by atoms with Crippen LogP contribution in [0.2, 0.25) is 0 Å². The number of carbonyl (C=O) groups is 2. The van der Waals surface area contributed by atoms with E-state index in [0.717, 1.165) is 5.75 Å². The molecule has 0 aromatic rings. The molecule has 0 radical (unpaired) electrons. The molecule has 1 N–H and O–H groups in total. The molecule has 5 nitrogen and oxygen atoms in total. The Morgan fingerprint density at radius 1 is 1.35 bits per heavy atom. The van der Waals surface area contributed by atoms with Crippen LogP contribution in [0.15, 0.2) is 0 Å². The second kappa shape index (κ2) is 5.93. The van der Waals surface area contributed by atoms with Gasteiger partial charge in [0.2, 0.25) is 11.8 Å². The number of aliphatic hydroxyl groups is 1. The average molecular weight is 300 g/mol. The van der Waals surface area contributed by atoms with Gasteiger partial charge in [-0.1, -0.05) is 20.8 Å². The molecule has 2 fully saturated rings. The number of piperidine rings is 1. The van der Waals surface area contributed by atoms with Crippen molar-refractivity contribution >= 4 is 23.6 Å². The van der Waals surface area contributed by atoms with Crippen LogP contribution in [0.1, 0.15) is 33.6 Å². The molecule has 0 spiro atoms. The third-order valence-corrected chi connectivity index (χ3v) is 4.97. The molecule has 6 heteroatoms. The molecule has 2 aliphatic heterocycles. The first-order valence-corrected chi connectivity index (χ1v) is 8.17. The quantitative estimate of drug-likeness (QED) is 0.834. The SMILES string of the molecule is CC(C)(C)SCCN1CC(=O)N2CCC(O)C[C@@H]2C1=O. The number of thioether (sulfide) groups is 1. The number of piperazine rings is 1. The summed E-state index contributed by atoms with van der Waals surface area (Å²) in [5, 5.41) is 9.71. The number of nitrogens with zero attached hydrogens (tertiary/aromatic N) is 2. The fourth-order valence-electron chi connectivity index (χ4n) is 2.67. The minimum absolute atomic E-state index is 0.00198. The summed E-state index contributed by atoms with van der Waals surface area (Å²) < 4.78 is 0.163. The first-order valence-electron chi connectivity index (χ1n) is 7.18. The van der Waals surface area contributed by atoms with Crippen molar-refractivity contribution in [3.05, 3.63) is 0 Å². The van der Waals surface area contributed by atoms with Crippen molar-refractivity contribution in [3.63, 3.8) is 0 Å². The molecule has 2 saturated heterocycles. The average Bonchev–Trinajstić information content (AvgIpc) is 2.33. The fraction of sp³-hybridized carbons (Fsp3) is 0.857. The van der Waals surface area contributed by atoms with Gasteiger partial charge in [0.15, 0.2) is 0 Å². The van der Waals surface area contributed by atoms with Crippen LogP contribution in [0.25, 0.3) is 0 Å². The second-order valence-electron chi connectivity index (χ2n) is 6.50. The van der Waals surface area contributed by atoms with Gasteiger partial charge in [0, 0.05) is 30.0 Å². The van der Waals surface area contributed by atoms with Crippen LogP contribution in [0.3, 0.4) is 0 Å². The standard InChI is InChI=1S/C14H24N2O3S/c1-14(2,3)20-7-6-15-9-12(18)16-5-4-10(17)8-11(16)13(15)19/h10-11,17H,4-9H2,1-3H3/t10?,11-/m1/s1. The van der Waals surface area contributed by atoms with Crippen LogP contribution >= 0.6 is 11.8 Å². The largest absolute Gasteiger partial charge is 0.393 e. The number of aliphatic hydroxyl groups excluding tert-OH is 1. The van der Waals surface area contributed by atoms with Crippen molar-refractivity contribution < 1.29 is 14.7 Å². The summed E-state index contributed by atoms with van der Waals surface area (Å²) in [6, 6.07) is -0.445. The molecule has 2 amide bonds. The number of amides is 2. The highest BCUT2D eigenvalue weighted by Crippen LogP contribution is 2.26. The number of carbonyl (C=O) groups excluding carboxylic acids is 2. The van der Waals surface area contributed by atoms with E-state index in [1.165, 1.54) is 0 Å². The van der Waals surface area contributed by atoms with E-state index in [9.17, 15) is 14.7 Å². The van der Waals surface area contributed by atoms with Gasteiger partial charge in [-0.3, -0.25) is 9.59 Å². The Labute approximate surface area is 124 Å². The Morgan fingerprint density at radius 2 is 2.05 bits per heavy atom. The fourth-order valence-corrected chi connectivity index (χ4v) is 3.60. The number of fused-ring (bicyclic) bond motifs is 1. The lowest BCUT2D eigenvalue weighted by atomic mass is 9.96. The highest BCUT2D eigenvalue weighted by atomic mass is 32.2. The molecule has 1 unspecified atom stereocenters. The Bertz CT molecular complexity index is 394. The number of rotatable bonds is 3. The van der Waals surface area contributed by atoms with E-state index < -0.39 is 12.1 Å². The maximum atomic E-state index is 12.4.